The van der Waals surface area contributed by atoms with E-state index in [0.717, 1.165) is 18.4 Å². The predicted molar refractivity (Wildman–Crippen MR) is 170 cm³/mol. The van der Waals surface area contributed by atoms with Crippen LogP contribution in [0.5, 0.6) is 0 Å². The molecular formula is C38H50O4. The Kier molecular flexibility index (Phi) is 8.80. The zero-order valence-corrected chi connectivity index (χ0v) is 27.3. The lowest BCUT2D eigenvalue weighted by molar-refractivity contribution is -0.170. The summed E-state index contributed by atoms with van der Waals surface area (Å²) in [6, 6.07) is 9.14. The van der Waals surface area contributed by atoms with E-state index in [1.807, 2.05) is 32.0 Å². The van der Waals surface area contributed by atoms with Gasteiger partial charge in [0.15, 0.2) is 22.8 Å². The van der Waals surface area contributed by atoms with Gasteiger partial charge in [0.2, 0.25) is 0 Å². The second-order valence-electron chi connectivity index (χ2n) is 14.6. The van der Waals surface area contributed by atoms with Gasteiger partial charge in [0.25, 0.3) is 0 Å². The number of benzene rings is 1. The summed E-state index contributed by atoms with van der Waals surface area (Å²) >= 11 is 0. The molecule has 0 N–H and O–H groups in total. The van der Waals surface area contributed by atoms with Gasteiger partial charge in [-0.1, -0.05) is 79.1 Å². The highest BCUT2D eigenvalue weighted by Gasteiger charge is 2.75. The first-order valence-corrected chi connectivity index (χ1v) is 15.6. The average Bonchev–Trinajstić information content (AvgIpc) is 2.91. The molecule has 0 radical (unpaired) electrons. The van der Waals surface area contributed by atoms with Crippen molar-refractivity contribution >= 4 is 17.3 Å². The van der Waals surface area contributed by atoms with Crippen LogP contribution in [0.25, 0.3) is 0 Å². The quantitative estimate of drug-likeness (QED) is 0.169. The number of ether oxygens (including phenoxy) is 1. The van der Waals surface area contributed by atoms with Crippen molar-refractivity contribution in [2.24, 2.45) is 22.2 Å². The topological polar surface area (TPSA) is 60.4 Å². The second kappa shape index (κ2) is 11.6. The van der Waals surface area contributed by atoms with E-state index >= 15 is 9.59 Å². The van der Waals surface area contributed by atoms with Crippen LogP contribution in [0.4, 0.5) is 0 Å². The Hall–Kier alpha value is -3.01. The molecule has 0 unspecified atom stereocenters. The summed E-state index contributed by atoms with van der Waals surface area (Å²) in [4.78, 5) is 45.1. The molecule has 42 heavy (non-hydrogen) atoms. The normalized spacial score (nSPS) is 28.0. The Balaban J connectivity index is 2.00. The van der Waals surface area contributed by atoms with Crippen LogP contribution in [0, 0.1) is 22.2 Å². The van der Waals surface area contributed by atoms with Gasteiger partial charge in [-0.2, -0.15) is 0 Å². The summed E-state index contributed by atoms with van der Waals surface area (Å²) < 4.78 is 6.69. The number of ketones is 3. The highest BCUT2D eigenvalue weighted by atomic mass is 16.5. The van der Waals surface area contributed by atoms with E-state index in [1.54, 1.807) is 12.1 Å². The van der Waals surface area contributed by atoms with Crippen molar-refractivity contribution in [2.75, 3.05) is 0 Å². The summed E-state index contributed by atoms with van der Waals surface area (Å²) in [5, 5.41) is 0. The molecule has 1 fully saturated rings. The standard InChI is InChI=1S/C38H50O4/c1-25(2)14-13-15-27(5)20-23-37-24-29(19-18-26(3)4)36(8,9)38(34(37)41,31(39)28-16-11-10-12-17-28)33-30(32(37)40)21-22-35(6,7)42-33/h10-12,14,16-18,20,29H,13,15,19,21-24H2,1-9H3/b27-20+/t29-,37+,38-/m0/s1. The Morgan fingerprint density at radius 2 is 1.57 bits per heavy atom. The first kappa shape index (κ1) is 31.9. The number of Topliss-reactive ketones (excluding diaryl/α,β-unsaturated/α-hetero) is 3. The van der Waals surface area contributed by atoms with Crippen LogP contribution in [0.2, 0.25) is 0 Å². The van der Waals surface area contributed by atoms with E-state index in [9.17, 15) is 4.79 Å². The number of rotatable bonds is 9. The molecule has 3 atom stereocenters. The van der Waals surface area contributed by atoms with E-state index < -0.39 is 21.8 Å². The molecule has 4 heteroatoms. The molecule has 3 aliphatic rings. The SMILES string of the molecule is CC(C)=CCC/C(C)=C/C[C@]12C[C@H](CC=C(C)C)C(C)(C)[C@](C(=O)c3ccccc3)(C1=O)C1=C(CCC(C)(C)O1)C2=O. The number of carbonyl (C=O) groups is 3. The third-order valence-corrected chi connectivity index (χ3v) is 10.1. The Morgan fingerprint density at radius 1 is 0.929 bits per heavy atom. The summed E-state index contributed by atoms with van der Waals surface area (Å²) in [5.41, 5.74) is 0.408. The third kappa shape index (κ3) is 5.31. The van der Waals surface area contributed by atoms with Gasteiger partial charge in [0, 0.05) is 11.1 Å². The largest absolute Gasteiger partial charge is 0.490 e. The molecule has 0 aromatic heterocycles. The van der Waals surface area contributed by atoms with Gasteiger partial charge in [-0.05, 0) is 105 Å². The number of carbonyl (C=O) groups excluding carboxylic acids is 3. The number of fused-ring (bicyclic) bond motifs is 3. The minimum absolute atomic E-state index is 0.0798. The van der Waals surface area contributed by atoms with Crippen LogP contribution in [-0.4, -0.2) is 23.0 Å². The van der Waals surface area contributed by atoms with Crippen molar-refractivity contribution in [1.82, 2.24) is 0 Å². The number of hydrogen-bond donors (Lipinski definition) is 0. The van der Waals surface area contributed by atoms with Crippen molar-refractivity contribution in [1.29, 1.82) is 0 Å². The molecule has 226 valence electrons. The molecule has 2 aliphatic carbocycles. The summed E-state index contributed by atoms with van der Waals surface area (Å²) in [7, 11) is 0. The lowest BCUT2D eigenvalue weighted by atomic mass is 9.39. The van der Waals surface area contributed by atoms with Crippen LogP contribution in [-0.2, 0) is 14.3 Å². The van der Waals surface area contributed by atoms with Crippen molar-refractivity contribution in [3.63, 3.8) is 0 Å². The van der Waals surface area contributed by atoms with Gasteiger partial charge < -0.3 is 4.74 Å². The molecule has 0 amide bonds. The fourth-order valence-electron chi connectivity index (χ4n) is 7.42. The summed E-state index contributed by atoms with van der Waals surface area (Å²) in [6.07, 6.45) is 10.9. The minimum Gasteiger partial charge on any atom is -0.490 e. The molecule has 1 aliphatic heterocycles. The minimum atomic E-state index is -1.59. The zero-order chi connectivity index (χ0) is 31.1. The molecule has 4 nitrogen and oxygen atoms in total. The highest BCUT2D eigenvalue weighted by molar-refractivity contribution is 6.30. The Morgan fingerprint density at radius 3 is 2.19 bits per heavy atom. The van der Waals surface area contributed by atoms with Crippen molar-refractivity contribution < 1.29 is 19.1 Å². The van der Waals surface area contributed by atoms with Gasteiger partial charge >= 0.3 is 0 Å². The molecule has 1 saturated carbocycles. The van der Waals surface area contributed by atoms with Crippen LogP contribution in [0.3, 0.4) is 0 Å². The molecule has 2 bridgehead atoms. The second-order valence-corrected chi connectivity index (χ2v) is 14.6. The van der Waals surface area contributed by atoms with E-state index in [2.05, 4.69) is 66.7 Å². The lowest BCUT2D eigenvalue weighted by Crippen LogP contribution is -2.69. The van der Waals surface area contributed by atoms with Crippen molar-refractivity contribution in [3.05, 3.63) is 82.2 Å². The van der Waals surface area contributed by atoms with Crippen LogP contribution < -0.4 is 0 Å². The van der Waals surface area contributed by atoms with E-state index in [0.29, 0.717) is 49.0 Å². The molecule has 1 aromatic rings. The molecule has 4 rings (SSSR count). The Bertz CT molecular complexity index is 1380. The fourth-order valence-corrected chi connectivity index (χ4v) is 7.42. The number of allylic oxidation sites excluding steroid dienone is 8. The van der Waals surface area contributed by atoms with Crippen molar-refractivity contribution in [2.45, 2.75) is 113 Å². The van der Waals surface area contributed by atoms with Crippen LogP contribution in [0.15, 0.2) is 76.6 Å². The van der Waals surface area contributed by atoms with Crippen molar-refractivity contribution in [3.8, 4) is 0 Å². The third-order valence-electron chi connectivity index (χ3n) is 10.1. The van der Waals surface area contributed by atoms with E-state index in [-0.39, 0.29) is 23.3 Å². The Labute approximate surface area is 253 Å². The van der Waals surface area contributed by atoms with Gasteiger partial charge in [-0.25, -0.2) is 0 Å². The molecule has 1 aromatic carbocycles. The highest BCUT2D eigenvalue weighted by Crippen LogP contribution is 2.68. The van der Waals surface area contributed by atoms with Gasteiger partial charge in [-0.3, -0.25) is 14.4 Å². The summed E-state index contributed by atoms with van der Waals surface area (Å²) in [5.74, 6) is -0.387. The van der Waals surface area contributed by atoms with Gasteiger partial charge in [-0.15, -0.1) is 0 Å². The maximum Gasteiger partial charge on any atom is 0.184 e. The predicted octanol–water partition coefficient (Wildman–Crippen LogP) is 9.32. The summed E-state index contributed by atoms with van der Waals surface area (Å²) in [6.45, 7) is 18.5. The van der Waals surface area contributed by atoms with Gasteiger partial charge in [0.1, 0.15) is 11.4 Å². The maximum atomic E-state index is 15.3. The van der Waals surface area contributed by atoms with Crippen LogP contribution in [0.1, 0.15) is 118 Å². The van der Waals surface area contributed by atoms with Gasteiger partial charge in [0.05, 0.1) is 5.41 Å². The smallest absolute Gasteiger partial charge is 0.184 e. The fraction of sp³-hybridized carbons (Fsp3) is 0.553. The molecular weight excluding hydrogens is 520 g/mol. The van der Waals surface area contributed by atoms with Crippen LogP contribution >= 0.6 is 0 Å². The first-order valence-electron chi connectivity index (χ1n) is 15.6. The molecule has 0 spiro atoms. The van der Waals surface area contributed by atoms with E-state index in [1.165, 1.54) is 11.1 Å². The average molecular weight is 571 g/mol. The molecule has 1 heterocycles. The maximum absolute atomic E-state index is 15.3. The zero-order valence-electron chi connectivity index (χ0n) is 27.3. The number of hydrogen-bond acceptors (Lipinski definition) is 4. The monoisotopic (exact) mass is 570 g/mol. The molecule has 0 saturated heterocycles. The van der Waals surface area contributed by atoms with E-state index in [4.69, 9.17) is 4.74 Å². The first-order chi connectivity index (χ1) is 19.6. The lowest BCUT2D eigenvalue weighted by Gasteiger charge is -2.61.